The van der Waals surface area contributed by atoms with Crippen LogP contribution in [0.5, 0.6) is 5.75 Å². The van der Waals surface area contributed by atoms with Crippen LogP contribution in [0, 0.1) is 0 Å². The van der Waals surface area contributed by atoms with E-state index in [1.807, 2.05) is 40.9 Å². The van der Waals surface area contributed by atoms with Gasteiger partial charge in [0.25, 0.3) is 0 Å². The van der Waals surface area contributed by atoms with Crippen LogP contribution in [0.15, 0.2) is 36.9 Å². The predicted octanol–water partition coefficient (Wildman–Crippen LogP) is 2.73. The Morgan fingerprint density at radius 1 is 1.48 bits per heavy atom. The second-order valence-electron chi connectivity index (χ2n) is 5.34. The Bertz CT molecular complexity index is 490. The number of nitrogens with zero attached hydrogens (tertiary/aromatic N) is 1. The summed E-state index contributed by atoms with van der Waals surface area (Å²) < 4.78 is 5.16. The molecule has 0 bridgehead atoms. The summed E-state index contributed by atoms with van der Waals surface area (Å²) in [7, 11) is 1.65. The number of methoxy groups -OCH3 is 1. The van der Waals surface area contributed by atoms with Gasteiger partial charge in [-0.25, -0.2) is 0 Å². The van der Waals surface area contributed by atoms with Crippen molar-refractivity contribution < 1.29 is 9.53 Å². The van der Waals surface area contributed by atoms with Crippen LogP contribution in [-0.4, -0.2) is 48.6 Å². The van der Waals surface area contributed by atoms with Gasteiger partial charge in [0.15, 0.2) is 0 Å². The van der Waals surface area contributed by atoms with Crippen LogP contribution in [0.4, 0.5) is 0 Å². The van der Waals surface area contributed by atoms with Crippen molar-refractivity contribution in [2.75, 3.05) is 31.7 Å². The summed E-state index contributed by atoms with van der Waals surface area (Å²) in [6, 6.07) is 8.12. The van der Waals surface area contributed by atoms with E-state index in [0.29, 0.717) is 19.5 Å². The molecule has 128 valence electrons. The third-order valence-electron chi connectivity index (χ3n) is 3.65. The highest BCUT2D eigenvalue weighted by Crippen LogP contribution is 2.15. The van der Waals surface area contributed by atoms with Crippen molar-refractivity contribution in [2.45, 2.75) is 19.0 Å². The summed E-state index contributed by atoms with van der Waals surface area (Å²) in [6.07, 6.45) is 2.33. The van der Waals surface area contributed by atoms with Gasteiger partial charge in [0.2, 0.25) is 5.91 Å². The number of nitrogens with one attached hydrogen (secondary N) is 1. The number of benzene rings is 1. The quantitative estimate of drug-likeness (QED) is 0.763. The zero-order valence-electron chi connectivity index (χ0n) is 13.5. The average molecular weight is 357 g/mol. The number of rotatable bonds is 7. The molecule has 1 fully saturated rings. The lowest BCUT2D eigenvalue weighted by Gasteiger charge is -2.27. The molecule has 1 unspecified atom stereocenters. The van der Waals surface area contributed by atoms with Crippen molar-refractivity contribution in [3.05, 3.63) is 42.5 Å². The standard InChI is InChI=1S/C17H24N2O2S.ClH/c1-3-9-19(12-14-4-6-16(21-2)7-5-14)17(20)11-15-13-22-10-8-18-15;/h3-7,15,18H,1,8-13H2,2H3;1H. The smallest absolute Gasteiger partial charge is 0.224 e. The van der Waals surface area contributed by atoms with E-state index in [9.17, 15) is 4.79 Å². The van der Waals surface area contributed by atoms with E-state index >= 15 is 0 Å². The lowest BCUT2D eigenvalue weighted by Crippen LogP contribution is -2.42. The number of hydrogen-bond acceptors (Lipinski definition) is 4. The maximum absolute atomic E-state index is 12.5. The molecule has 1 aromatic rings. The van der Waals surface area contributed by atoms with Crippen molar-refractivity contribution >= 4 is 30.1 Å². The van der Waals surface area contributed by atoms with Gasteiger partial charge in [0.05, 0.1) is 7.11 Å². The molecular formula is C17H25ClN2O2S. The molecule has 1 atom stereocenters. The lowest BCUT2D eigenvalue weighted by atomic mass is 10.1. The van der Waals surface area contributed by atoms with Gasteiger partial charge in [-0.05, 0) is 17.7 Å². The topological polar surface area (TPSA) is 41.6 Å². The van der Waals surface area contributed by atoms with Crippen LogP contribution in [0.3, 0.4) is 0 Å². The third-order valence-corrected chi connectivity index (χ3v) is 4.79. The van der Waals surface area contributed by atoms with Gasteiger partial charge in [-0.3, -0.25) is 4.79 Å². The second-order valence-corrected chi connectivity index (χ2v) is 6.49. The van der Waals surface area contributed by atoms with E-state index in [1.165, 1.54) is 0 Å². The highest BCUT2D eigenvalue weighted by molar-refractivity contribution is 7.99. The summed E-state index contributed by atoms with van der Waals surface area (Å²) in [5, 5.41) is 3.42. The molecule has 1 saturated heterocycles. The minimum absolute atomic E-state index is 0. The largest absolute Gasteiger partial charge is 0.497 e. The SMILES string of the molecule is C=CCN(Cc1ccc(OC)cc1)C(=O)CC1CSCCN1.Cl. The minimum Gasteiger partial charge on any atom is -0.497 e. The summed E-state index contributed by atoms with van der Waals surface area (Å²) in [5.74, 6) is 3.15. The van der Waals surface area contributed by atoms with Gasteiger partial charge in [0.1, 0.15) is 5.75 Å². The summed E-state index contributed by atoms with van der Waals surface area (Å²) in [6.45, 7) is 5.93. The molecule has 1 amide bonds. The van der Waals surface area contributed by atoms with Crippen LogP contribution in [0.1, 0.15) is 12.0 Å². The zero-order chi connectivity index (χ0) is 15.8. The Labute approximate surface area is 149 Å². The number of thioether (sulfide) groups is 1. The number of hydrogen-bond donors (Lipinski definition) is 1. The summed E-state index contributed by atoms with van der Waals surface area (Å²) >= 11 is 1.91. The van der Waals surface area contributed by atoms with Gasteiger partial charge >= 0.3 is 0 Å². The van der Waals surface area contributed by atoms with E-state index in [1.54, 1.807) is 13.2 Å². The van der Waals surface area contributed by atoms with Gasteiger partial charge in [-0.15, -0.1) is 19.0 Å². The van der Waals surface area contributed by atoms with Gasteiger partial charge in [-0.2, -0.15) is 11.8 Å². The Balaban J connectivity index is 0.00000264. The van der Waals surface area contributed by atoms with Crippen molar-refractivity contribution in [1.82, 2.24) is 10.2 Å². The number of halogens is 1. The molecule has 6 heteroatoms. The van der Waals surface area contributed by atoms with Crippen LogP contribution in [0.25, 0.3) is 0 Å². The first-order valence-corrected chi connectivity index (χ1v) is 8.71. The van der Waals surface area contributed by atoms with Gasteiger partial charge in [-0.1, -0.05) is 18.2 Å². The van der Waals surface area contributed by atoms with E-state index in [-0.39, 0.29) is 24.4 Å². The third kappa shape index (κ3) is 6.45. The fourth-order valence-electron chi connectivity index (χ4n) is 2.45. The van der Waals surface area contributed by atoms with Gasteiger partial charge in [0, 0.05) is 43.6 Å². The molecule has 1 heterocycles. The molecule has 4 nitrogen and oxygen atoms in total. The van der Waals surface area contributed by atoms with E-state index < -0.39 is 0 Å². The number of carbonyl (C=O) groups is 1. The predicted molar refractivity (Wildman–Crippen MR) is 99.6 cm³/mol. The molecule has 1 aliphatic heterocycles. The van der Waals surface area contributed by atoms with Crippen LogP contribution in [0.2, 0.25) is 0 Å². The molecule has 0 aliphatic carbocycles. The first kappa shape index (κ1) is 19.9. The number of ether oxygens (including phenoxy) is 1. The highest BCUT2D eigenvalue weighted by Gasteiger charge is 2.20. The molecule has 2 rings (SSSR count). The second kappa shape index (κ2) is 10.6. The molecular weight excluding hydrogens is 332 g/mol. The minimum atomic E-state index is 0. The summed E-state index contributed by atoms with van der Waals surface area (Å²) in [4.78, 5) is 14.4. The molecule has 0 saturated carbocycles. The Morgan fingerprint density at radius 3 is 2.78 bits per heavy atom. The fourth-order valence-corrected chi connectivity index (χ4v) is 3.40. The number of carbonyl (C=O) groups excluding carboxylic acids is 1. The zero-order valence-corrected chi connectivity index (χ0v) is 15.1. The molecule has 0 radical (unpaired) electrons. The van der Waals surface area contributed by atoms with Crippen molar-refractivity contribution in [3.63, 3.8) is 0 Å². The average Bonchev–Trinajstić information content (AvgIpc) is 2.56. The normalized spacial score (nSPS) is 17.0. The Morgan fingerprint density at radius 2 is 2.22 bits per heavy atom. The molecule has 23 heavy (non-hydrogen) atoms. The van der Waals surface area contributed by atoms with Crippen molar-refractivity contribution in [2.24, 2.45) is 0 Å². The Hall–Kier alpha value is -1.17. The summed E-state index contributed by atoms with van der Waals surface area (Å²) in [5.41, 5.74) is 1.10. The first-order chi connectivity index (χ1) is 10.7. The maximum atomic E-state index is 12.5. The van der Waals surface area contributed by atoms with Crippen molar-refractivity contribution in [1.29, 1.82) is 0 Å². The van der Waals surface area contributed by atoms with Gasteiger partial charge < -0.3 is 15.0 Å². The van der Waals surface area contributed by atoms with E-state index in [4.69, 9.17) is 4.74 Å². The van der Waals surface area contributed by atoms with Crippen LogP contribution in [-0.2, 0) is 11.3 Å². The van der Waals surface area contributed by atoms with Crippen LogP contribution >= 0.6 is 24.2 Å². The fraction of sp³-hybridized carbons (Fsp3) is 0.471. The van der Waals surface area contributed by atoms with Crippen molar-refractivity contribution in [3.8, 4) is 5.75 Å². The lowest BCUT2D eigenvalue weighted by molar-refractivity contribution is -0.131. The molecule has 1 N–H and O–H groups in total. The monoisotopic (exact) mass is 356 g/mol. The van der Waals surface area contributed by atoms with E-state index in [0.717, 1.165) is 29.4 Å². The molecule has 0 spiro atoms. The highest BCUT2D eigenvalue weighted by atomic mass is 35.5. The molecule has 1 aromatic carbocycles. The van der Waals surface area contributed by atoms with Crippen LogP contribution < -0.4 is 10.1 Å². The first-order valence-electron chi connectivity index (χ1n) is 7.55. The van der Waals surface area contributed by atoms with E-state index in [2.05, 4.69) is 11.9 Å². The maximum Gasteiger partial charge on any atom is 0.224 e. The number of amides is 1. The Kier molecular flexibility index (Phi) is 9.14. The molecule has 0 aromatic heterocycles. The molecule has 1 aliphatic rings.